The van der Waals surface area contributed by atoms with Gasteiger partial charge in [-0.1, -0.05) is 35.5 Å². The van der Waals surface area contributed by atoms with Crippen molar-refractivity contribution in [3.63, 3.8) is 0 Å². The van der Waals surface area contributed by atoms with Gasteiger partial charge in [-0.15, -0.1) is 5.10 Å². The molecule has 1 aromatic heterocycles. The van der Waals surface area contributed by atoms with E-state index in [1.165, 1.54) is 0 Å². The molecule has 2 rings (SSSR count). The number of aliphatic hydroxyl groups is 1. The average Bonchev–Trinajstić information content (AvgIpc) is 2.82. The number of aryl methyl sites for hydroxylation is 1. The summed E-state index contributed by atoms with van der Waals surface area (Å²) in [5.41, 5.74) is 1.57. The van der Waals surface area contributed by atoms with Crippen molar-refractivity contribution >= 4 is 0 Å². The van der Waals surface area contributed by atoms with Crippen molar-refractivity contribution in [2.75, 3.05) is 6.61 Å². The first kappa shape index (κ1) is 12.7. The van der Waals surface area contributed by atoms with Crippen molar-refractivity contribution in [1.82, 2.24) is 15.0 Å². The van der Waals surface area contributed by atoms with Crippen LogP contribution >= 0.6 is 0 Å². The second kappa shape index (κ2) is 5.75. The lowest BCUT2D eigenvalue weighted by Crippen LogP contribution is -2.17. The molecule has 96 valence electrons. The van der Waals surface area contributed by atoms with Crippen LogP contribution in [0.1, 0.15) is 30.4 Å². The van der Waals surface area contributed by atoms with Crippen molar-refractivity contribution < 1.29 is 9.84 Å². The van der Waals surface area contributed by atoms with Crippen LogP contribution in [-0.4, -0.2) is 26.7 Å². The lowest BCUT2D eigenvalue weighted by atomic mass is 10.0. The van der Waals surface area contributed by atoms with Crippen LogP contribution < -0.4 is 0 Å². The molecule has 0 amide bonds. The van der Waals surface area contributed by atoms with Gasteiger partial charge in [-0.05, 0) is 12.5 Å². The van der Waals surface area contributed by atoms with Crippen molar-refractivity contribution in [3.8, 4) is 0 Å². The minimum absolute atomic E-state index is 0.409. The number of hydrogen-bond donors (Lipinski definition) is 1. The Kier molecular flexibility index (Phi) is 4.07. The second-order valence-electron chi connectivity index (χ2n) is 4.01. The zero-order chi connectivity index (χ0) is 13.0. The van der Waals surface area contributed by atoms with E-state index in [2.05, 4.69) is 10.3 Å². The average molecular weight is 247 g/mol. The Balaban J connectivity index is 2.28. The van der Waals surface area contributed by atoms with Crippen LogP contribution in [0.2, 0.25) is 0 Å². The number of benzene rings is 1. The van der Waals surface area contributed by atoms with Crippen LogP contribution in [0.4, 0.5) is 0 Å². The molecule has 18 heavy (non-hydrogen) atoms. The van der Waals surface area contributed by atoms with Crippen molar-refractivity contribution in [2.45, 2.75) is 19.1 Å². The predicted molar refractivity (Wildman–Crippen MR) is 66.8 cm³/mol. The Morgan fingerprint density at radius 1 is 1.33 bits per heavy atom. The first-order valence-corrected chi connectivity index (χ1v) is 5.93. The second-order valence-corrected chi connectivity index (χ2v) is 4.01. The zero-order valence-corrected chi connectivity index (χ0v) is 10.5. The van der Waals surface area contributed by atoms with E-state index in [0.29, 0.717) is 12.3 Å². The van der Waals surface area contributed by atoms with E-state index in [1.807, 2.05) is 37.3 Å². The third kappa shape index (κ3) is 2.57. The molecule has 1 N–H and O–H groups in total. The topological polar surface area (TPSA) is 60.2 Å². The molecule has 2 atom stereocenters. The minimum Gasteiger partial charge on any atom is -0.384 e. The van der Waals surface area contributed by atoms with E-state index < -0.39 is 12.2 Å². The number of nitrogens with zero attached hydrogens (tertiary/aromatic N) is 3. The number of hydrogen-bond acceptors (Lipinski definition) is 4. The monoisotopic (exact) mass is 247 g/mol. The summed E-state index contributed by atoms with van der Waals surface area (Å²) in [6, 6.07) is 9.66. The lowest BCUT2D eigenvalue weighted by Gasteiger charge is -2.23. The molecular weight excluding hydrogens is 230 g/mol. The molecule has 0 fully saturated rings. The SMILES string of the molecule is CCOC(c1ccccc1)C(O)c1cnnn1C. The van der Waals surface area contributed by atoms with E-state index in [9.17, 15) is 5.11 Å². The number of rotatable bonds is 5. The molecule has 0 radical (unpaired) electrons. The van der Waals surface area contributed by atoms with Gasteiger partial charge in [0.05, 0.1) is 11.9 Å². The number of aliphatic hydroxyl groups excluding tert-OH is 1. The molecule has 0 aliphatic carbocycles. The molecule has 1 heterocycles. The molecule has 0 bridgehead atoms. The van der Waals surface area contributed by atoms with E-state index in [1.54, 1.807) is 17.9 Å². The standard InChI is InChI=1S/C13H17N3O2/c1-3-18-13(10-7-5-4-6-8-10)12(17)11-9-14-15-16(11)2/h4-9,12-13,17H,3H2,1-2H3. The largest absolute Gasteiger partial charge is 0.384 e. The predicted octanol–water partition coefficient (Wildman–Crippen LogP) is 1.63. The fourth-order valence-electron chi connectivity index (χ4n) is 1.91. The summed E-state index contributed by atoms with van der Waals surface area (Å²) >= 11 is 0. The van der Waals surface area contributed by atoms with Gasteiger partial charge in [0.25, 0.3) is 0 Å². The van der Waals surface area contributed by atoms with Crippen LogP contribution in [0.5, 0.6) is 0 Å². The Morgan fingerprint density at radius 3 is 2.61 bits per heavy atom. The van der Waals surface area contributed by atoms with Gasteiger partial charge in [0.15, 0.2) is 0 Å². The molecule has 2 unspecified atom stereocenters. The lowest BCUT2D eigenvalue weighted by molar-refractivity contribution is -0.0394. The maximum absolute atomic E-state index is 10.4. The Morgan fingerprint density at radius 2 is 2.06 bits per heavy atom. The molecule has 0 saturated heterocycles. The van der Waals surface area contributed by atoms with Crippen LogP contribution in [0.15, 0.2) is 36.5 Å². The van der Waals surface area contributed by atoms with Gasteiger partial charge in [0.1, 0.15) is 12.2 Å². The quantitative estimate of drug-likeness (QED) is 0.872. The Bertz CT molecular complexity index is 484. The highest BCUT2D eigenvalue weighted by molar-refractivity contribution is 5.20. The number of ether oxygens (including phenoxy) is 1. The molecule has 5 nitrogen and oxygen atoms in total. The van der Waals surface area contributed by atoms with E-state index in [4.69, 9.17) is 4.74 Å². The fourth-order valence-corrected chi connectivity index (χ4v) is 1.91. The van der Waals surface area contributed by atoms with Crippen LogP contribution in [0, 0.1) is 0 Å². The maximum Gasteiger partial charge on any atom is 0.127 e. The normalized spacial score (nSPS) is 14.4. The van der Waals surface area contributed by atoms with Gasteiger partial charge in [0.2, 0.25) is 0 Å². The van der Waals surface area contributed by atoms with Gasteiger partial charge < -0.3 is 9.84 Å². The highest BCUT2D eigenvalue weighted by atomic mass is 16.5. The smallest absolute Gasteiger partial charge is 0.127 e. The van der Waals surface area contributed by atoms with Crippen LogP contribution in [-0.2, 0) is 11.8 Å². The highest BCUT2D eigenvalue weighted by Gasteiger charge is 2.25. The molecule has 0 spiro atoms. The highest BCUT2D eigenvalue weighted by Crippen LogP contribution is 2.31. The Labute approximate surface area is 106 Å². The summed E-state index contributed by atoms with van der Waals surface area (Å²) in [6.07, 6.45) is 0.361. The van der Waals surface area contributed by atoms with Crippen molar-refractivity contribution in [2.24, 2.45) is 7.05 Å². The van der Waals surface area contributed by atoms with E-state index in [0.717, 1.165) is 5.56 Å². The summed E-state index contributed by atoms with van der Waals surface area (Å²) in [6.45, 7) is 2.44. The first-order chi connectivity index (χ1) is 8.74. The summed E-state index contributed by atoms with van der Waals surface area (Å²) in [5.74, 6) is 0. The van der Waals surface area contributed by atoms with Gasteiger partial charge in [-0.3, -0.25) is 0 Å². The summed E-state index contributed by atoms with van der Waals surface area (Å²) in [5, 5.41) is 18.0. The number of aromatic nitrogens is 3. The zero-order valence-electron chi connectivity index (χ0n) is 10.5. The molecular formula is C13H17N3O2. The summed E-state index contributed by atoms with van der Waals surface area (Å²) in [4.78, 5) is 0. The third-order valence-electron chi connectivity index (χ3n) is 2.81. The maximum atomic E-state index is 10.4. The van der Waals surface area contributed by atoms with Gasteiger partial charge in [0, 0.05) is 13.7 Å². The first-order valence-electron chi connectivity index (χ1n) is 5.93. The summed E-state index contributed by atoms with van der Waals surface area (Å²) in [7, 11) is 1.75. The van der Waals surface area contributed by atoms with Crippen LogP contribution in [0.25, 0.3) is 0 Å². The third-order valence-corrected chi connectivity index (χ3v) is 2.81. The summed E-state index contributed by atoms with van der Waals surface area (Å²) < 4.78 is 7.20. The molecule has 5 heteroatoms. The minimum atomic E-state index is -0.785. The molecule has 2 aromatic rings. The van der Waals surface area contributed by atoms with Crippen molar-refractivity contribution in [1.29, 1.82) is 0 Å². The molecule has 0 aliphatic heterocycles. The van der Waals surface area contributed by atoms with Crippen LogP contribution in [0.3, 0.4) is 0 Å². The van der Waals surface area contributed by atoms with E-state index >= 15 is 0 Å². The Hall–Kier alpha value is -1.72. The van der Waals surface area contributed by atoms with E-state index in [-0.39, 0.29) is 0 Å². The molecule has 0 aliphatic rings. The van der Waals surface area contributed by atoms with Crippen molar-refractivity contribution in [3.05, 3.63) is 47.8 Å². The molecule has 1 aromatic carbocycles. The van der Waals surface area contributed by atoms with Gasteiger partial charge in [-0.25, -0.2) is 4.68 Å². The van der Waals surface area contributed by atoms with Gasteiger partial charge in [-0.2, -0.15) is 0 Å². The molecule has 0 saturated carbocycles. The van der Waals surface area contributed by atoms with Gasteiger partial charge >= 0.3 is 0 Å². The fraction of sp³-hybridized carbons (Fsp3) is 0.385.